The van der Waals surface area contributed by atoms with Crippen molar-refractivity contribution >= 4 is 39.4 Å². The summed E-state index contributed by atoms with van der Waals surface area (Å²) in [5.74, 6) is -1.12. The highest BCUT2D eigenvalue weighted by atomic mass is 32.1. The summed E-state index contributed by atoms with van der Waals surface area (Å²) in [4.78, 5) is 40.4. The fourth-order valence-electron chi connectivity index (χ4n) is 2.64. The van der Waals surface area contributed by atoms with Crippen molar-refractivity contribution in [3.63, 3.8) is 0 Å². The van der Waals surface area contributed by atoms with Gasteiger partial charge in [0.15, 0.2) is 10.7 Å². The summed E-state index contributed by atoms with van der Waals surface area (Å²) in [6.07, 6.45) is 0.670. The number of carbonyl (C=O) groups excluding carboxylic acids is 2. The molecule has 0 radical (unpaired) electrons. The number of para-hydroxylation sites is 2. The highest BCUT2D eigenvalue weighted by Crippen LogP contribution is 2.23. The van der Waals surface area contributed by atoms with Gasteiger partial charge in [-0.1, -0.05) is 23.5 Å². The number of ether oxygens (including phenoxy) is 1. The zero-order valence-corrected chi connectivity index (χ0v) is 15.8. The summed E-state index contributed by atoms with van der Waals surface area (Å²) in [5, 5.41) is 3.04. The fourth-order valence-corrected chi connectivity index (χ4v) is 3.52. The second-order valence-corrected chi connectivity index (χ2v) is 6.79. The lowest BCUT2D eigenvalue weighted by molar-refractivity contribution is -0.116. The van der Waals surface area contributed by atoms with Crippen LogP contribution in [0.15, 0.2) is 33.5 Å². The maximum Gasteiger partial charge on any atom is 0.419 e. The van der Waals surface area contributed by atoms with Crippen molar-refractivity contribution in [1.82, 2.24) is 9.55 Å². The van der Waals surface area contributed by atoms with E-state index in [-0.39, 0.29) is 18.9 Å². The van der Waals surface area contributed by atoms with Crippen molar-refractivity contribution in [2.75, 3.05) is 11.9 Å². The Morgan fingerprint density at radius 3 is 2.89 bits per heavy atom. The smallest absolute Gasteiger partial charge is 0.419 e. The van der Waals surface area contributed by atoms with Crippen LogP contribution in [-0.4, -0.2) is 28.0 Å². The lowest BCUT2D eigenvalue weighted by Crippen LogP contribution is -2.17. The van der Waals surface area contributed by atoms with Gasteiger partial charge in [-0.25, -0.2) is 14.6 Å². The third-order valence-corrected chi connectivity index (χ3v) is 4.92. The van der Waals surface area contributed by atoms with Crippen LogP contribution < -0.4 is 11.1 Å². The van der Waals surface area contributed by atoms with Crippen LogP contribution >= 0.6 is 11.3 Å². The minimum atomic E-state index is -0.445. The van der Waals surface area contributed by atoms with Crippen LogP contribution in [0.3, 0.4) is 0 Å². The molecule has 2 heterocycles. The third kappa shape index (κ3) is 4.25. The number of fused-ring (bicyclic) bond motifs is 1. The highest BCUT2D eigenvalue weighted by Gasteiger charge is 2.17. The van der Waals surface area contributed by atoms with E-state index in [4.69, 9.17) is 9.15 Å². The molecule has 0 atom stereocenters. The minimum absolute atomic E-state index is 0.208. The molecule has 9 heteroatoms. The van der Waals surface area contributed by atoms with E-state index >= 15 is 0 Å². The largest absolute Gasteiger partial charge is 0.462 e. The first kappa shape index (κ1) is 18.8. The van der Waals surface area contributed by atoms with Gasteiger partial charge < -0.3 is 14.5 Å². The molecule has 142 valence electrons. The van der Waals surface area contributed by atoms with Gasteiger partial charge in [0.25, 0.3) is 0 Å². The van der Waals surface area contributed by atoms with Crippen molar-refractivity contribution in [2.24, 2.45) is 0 Å². The van der Waals surface area contributed by atoms with Crippen LogP contribution in [0.25, 0.3) is 11.1 Å². The number of nitrogens with zero attached hydrogens (tertiary/aromatic N) is 2. The van der Waals surface area contributed by atoms with E-state index < -0.39 is 11.7 Å². The number of thiazole rings is 1. The van der Waals surface area contributed by atoms with Gasteiger partial charge in [-0.05, 0) is 32.4 Å². The van der Waals surface area contributed by atoms with Gasteiger partial charge in [-0.3, -0.25) is 9.36 Å². The van der Waals surface area contributed by atoms with Crippen molar-refractivity contribution in [3.05, 3.63) is 45.4 Å². The SMILES string of the molecule is CCOC(=O)c1sc(NC(=O)CCCn2c(=O)oc3ccccc32)nc1C. The fraction of sp³-hybridized carbons (Fsp3) is 0.333. The number of oxazole rings is 1. The van der Waals surface area contributed by atoms with Gasteiger partial charge in [0.1, 0.15) is 4.88 Å². The molecule has 8 nitrogen and oxygen atoms in total. The minimum Gasteiger partial charge on any atom is -0.462 e. The highest BCUT2D eigenvalue weighted by molar-refractivity contribution is 7.17. The number of amides is 1. The van der Waals surface area contributed by atoms with E-state index in [1.807, 2.05) is 6.07 Å². The number of nitrogens with one attached hydrogen (secondary N) is 1. The predicted molar refractivity (Wildman–Crippen MR) is 101 cm³/mol. The molecule has 1 N–H and O–H groups in total. The van der Waals surface area contributed by atoms with Crippen LogP contribution in [-0.2, 0) is 16.1 Å². The molecule has 0 bridgehead atoms. The molecule has 3 rings (SSSR count). The molecule has 2 aromatic heterocycles. The Bertz CT molecular complexity index is 1030. The quantitative estimate of drug-likeness (QED) is 0.623. The first-order chi connectivity index (χ1) is 13.0. The number of aryl methyl sites for hydroxylation is 2. The molecule has 0 aliphatic carbocycles. The molecule has 0 saturated heterocycles. The molecule has 0 fully saturated rings. The van der Waals surface area contributed by atoms with Gasteiger partial charge in [0.2, 0.25) is 5.91 Å². The predicted octanol–water partition coefficient (Wildman–Crippen LogP) is 2.96. The second-order valence-electron chi connectivity index (χ2n) is 5.79. The number of rotatable bonds is 7. The van der Waals surface area contributed by atoms with Crippen LogP contribution in [0.1, 0.15) is 35.1 Å². The molecule has 0 unspecified atom stereocenters. The van der Waals surface area contributed by atoms with Crippen molar-refractivity contribution < 1.29 is 18.7 Å². The summed E-state index contributed by atoms with van der Waals surface area (Å²) in [7, 11) is 0. The van der Waals surface area contributed by atoms with E-state index in [9.17, 15) is 14.4 Å². The normalized spacial score (nSPS) is 10.9. The number of anilines is 1. The molecule has 0 aliphatic heterocycles. The topological polar surface area (TPSA) is 103 Å². The molecular formula is C18H19N3O5S. The average Bonchev–Trinajstić information content (AvgIpc) is 3.15. The van der Waals surface area contributed by atoms with Crippen LogP contribution in [0.2, 0.25) is 0 Å². The van der Waals surface area contributed by atoms with Crippen LogP contribution in [0.4, 0.5) is 5.13 Å². The monoisotopic (exact) mass is 389 g/mol. The molecule has 27 heavy (non-hydrogen) atoms. The Kier molecular flexibility index (Phi) is 5.70. The number of carbonyl (C=O) groups is 2. The van der Waals surface area contributed by atoms with Crippen molar-refractivity contribution in [3.8, 4) is 0 Å². The maximum absolute atomic E-state index is 12.1. The van der Waals surface area contributed by atoms with Crippen molar-refractivity contribution in [1.29, 1.82) is 0 Å². The van der Waals surface area contributed by atoms with E-state index in [1.54, 1.807) is 32.0 Å². The molecule has 1 aromatic carbocycles. The van der Waals surface area contributed by atoms with E-state index in [2.05, 4.69) is 10.3 Å². The average molecular weight is 389 g/mol. The second kappa shape index (κ2) is 8.17. The Labute approximate surface area is 158 Å². The van der Waals surface area contributed by atoms with Gasteiger partial charge in [-0.2, -0.15) is 0 Å². The molecule has 1 amide bonds. The zero-order valence-electron chi connectivity index (χ0n) is 15.0. The molecule has 3 aromatic rings. The van der Waals surface area contributed by atoms with Gasteiger partial charge in [0, 0.05) is 13.0 Å². The summed E-state index contributed by atoms with van der Waals surface area (Å²) < 4.78 is 11.6. The molecular weight excluding hydrogens is 370 g/mol. The number of hydrogen-bond donors (Lipinski definition) is 1. The van der Waals surface area contributed by atoms with Gasteiger partial charge >= 0.3 is 11.7 Å². The summed E-state index contributed by atoms with van der Waals surface area (Å²) in [6.45, 7) is 4.06. The van der Waals surface area contributed by atoms with Crippen LogP contribution in [0.5, 0.6) is 0 Å². The number of hydrogen-bond acceptors (Lipinski definition) is 7. The number of aromatic nitrogens is 2. The zero-order chi connectivity index (χ0) is 19.4. The summed E-state index contributed by atoms with van der Waals surface area (Å²) in [6, 6.07) is 7.15. The van der Waals surface area contributed by atoms with Gasteiger partial charge in [0.05, 0.1) is 17.8 Å². The summed E-state index contributed by atoms with van der Waals surface area (Å²) >= 11 is 1.08. The summed E-state index contributed by atoms with van der Waals surface area (Å²) in [5.41, 5.74) is 1.75. The molecule has 0 saturated carbocycles. The Morgan fingerprint density at radius 1 is 1.33 bits per heavy atom. The van der Waals surface area contributed by atoms with Crippen LogP contribution in [0, 0.1) is 6.92 Å². The Balaban J connectivity index is 1.57. The first-order valence-electron chi connectivity index (χ1n) is 8.52. The van der Waals surface area contributed by atoms with E-state index in [1.165, 1.54) is 4.57 Å². The van der Waals surface area contributed by atoms with Gasteiger partial charge in [-0.15, -0.1) is 0 Å². The lowest BCUT2D eigenvalue weighted by atomic mass is 10.3. The number of esters is 1. The standard InChI is InChI=1S/C18H19N3O5S/c1-3-25-16(23)15-11(2)19-17(27-15)20-14(22)9-6-10-21-12-7-4-5-8-13(12)26-18(21)24/h4-5,7-8H,3,6,9-10H2,1-2H3,(H,19,20,22). The molecule has 0 aliphatic rings. The Morgan fingerprint density at radius 2 is 2.11 bits per heavy atom. The van der Waals surface area contributed by atoms with E-state index in [0.717, 1.165) is 11.3 Å². The van der Waals surface area contributed by atoms with E-state index in [0.29, 0.717) is 39.8 Å². The first-order valence-corrected chi connectivity index (χ1v) is 9.34. The third-order valence-electron chi connectivity index (χ3n) is 3.86. The Hall–Kier alpha value is -2.94. The van der Waals surface area contributed by atoms with Crippen molar-refractivity contribution in [2.45, 2.75) is 33.2 Å². The number of benzene rings is 1. The maximum atomic E-state index is 12.1. The molecule has 0 spiro atoms. The lowest BCUT2D eigenvalue weighted by Gasteiger charge is -2.03.